The number of nitrogens with zero attached hydrogens (tertiary/aromatic N) is 2. The van der Waals surface area contributed by atoms with Gasteiger partial charge in [0.1, 0.15) is 0 Å². The number of hydrogen-bond acceptors (Lipinski definition) is 3. The predicted molar refractivity (Wildman–Crippen MR) is 103 cm³/mol. The Hall–Kier alpha value is -3.05. The molecule has 0 atom stereocenters. The van der Waals surface area contributed by atoms with Crippen molar-refractivity contribution in [3.63, 3.8) is 0 Å². The van der Waals surface area contributed by atoms with Crippen LogP contribution in [-0.2, 0) is 4.79 Å². The van der Waals surface area contributed by atoms with Gasteiger partial charge in [-0.05, 0) is 59.8 Å². The highest BCUT2D eigenvalue weighted by Crippen LogP contribution is 2.28. The number of carbonyl (C=O) groups excluding carboxylic acids is 1. The van der Waals surface area contributed by atoms with Gasteiger partial charge >= 0.3 is 0 Å². The number of amides is 1. The molecule has 1 amide bonds. The number of aromatic nitrogens is 1. The van der Waals surface area contributed by atoms with Crippen molar-refractivity contribution in [1.82, 2.24) is 9.88 Å². The van der Waals surface area contributed by atoms with E-state index in [0.717, 1.165) is 16.9 Å². The SMILES string of the molecule is O=C1NC(=Nc2ccccc2)SC1=Cc1cccc(-n2cccc2)c1. The van der Waals surface area contributed by atoms with Crippen molar-refractivity contribution in [2.24, 2.45) is 4.99 Å². The van der Waals surface area contributed by atoms with Crippen LogP contribution in [0.15, 0.2) is 89.0 Å². The van der Waals surface area contributed by atoms with Crippen molar-refractivity contribution in [2.75, 3.05) is 0 Å². The van der Waals surface area contributed by atoms with Gasteiger partial charge < -0.3 is 9.88 Å². The van der Waals surface area contributed by atoms with Crippen molar-refractivity contribution in [3.8, 4) is 5.69 Å². The van der Waals surface area contributed by atoms with E-state index in [4.69, 9.17) is 0 Å². The van der Waals surface area contributed by atoms with Crippen LogP contribution in [0.5, 0.6) is 0 Å². The summed E-state index contributed by atoms with van der Waals surface area (Å²) in [6.45, 7) is 0. The van der Waals surface area contributed by atoms with Crippen LogP contribution >= 0.6 is 11.8 Å². The van der Waals surface area contributed by atoms with Crippen molar-refractivity contribution in [2.45, 2.75) is 0 Å². The number of hydrogen-bond donors (Lipinski definition) is 1. The molecule has 1 N–H and O–H groups in total. The maximum atomic E-state index is 12.2. The van der Waals surface area contributed by atoms with E-state index < -0.39 is 0 Å². The zero-order valence-corrected chi connectivity index (χ0v) is 14.1. The first-order valence-corrected chi connectivity index (χ1v) is 8.68. The summed E-state index contributed by atoms with van der Waals surface area (Å²) >= 11 is 1.36. The molecule has 2 aromatic carbocycles. The number of carbonyl (C=O) groups is 1. The highest BCUT2D eigenvalue weighted by atomic mass is 32.2. The topological polar surface area (TPSA) is 46.4 Å². The van der Waals surface area contributed by atoms with Crippen LogP contribution < -0.4 is 5.32 Å². The van der Waals surface area contributed by atoms with E-state index in [2.05, 4.69) is 10.3 Å². The molecule has 2 heterocycles. The molecule has 1 saturated heterocycles. The molecule has 1 fully saturated rings. The van der Waals surface area contributed by atoms with Crippen LogP contribution in [0.1, 0.15) is 5.56 Å². The first kappa shape index (κ1) is 15.5. The van der Waals surface area contributed by atoms with E-state index in [9.17, 15) is 4.79 Å². The quantitative estimate of drug-likeness (QED) is 0.717. The maximum absolute atomic E-state index is 12.2. The van der Waals surface area contributed by atoms with Gasteiger partial charge in [-0.3, -0.25) is 4.79 Å². The molecule has 0 aliphatic carbocycles. The molecule has 4 nitrogen and oxygen atoms in total. The lowest BCUT2D eigenvalue weighted by atomic mass is 10.2. The molecule has 122 valence electrons. The maximum Gasteiger partial charge on any atom is 0.264 e. The van der Waals surface area contributed by atoms with Crippen LogP contribution in [-0.4, -0.2) is 15.6 Å². The largest absolute Gasteiger partial charge is 0.324 e. The van der Waals surface area contributed by atoms with E-state index in [1.54, 1.807) is 0 Å². The minimum Gasteiger partial charge on any atom is -0.324 e. The Labute approximate surface area is 149 Å². The minimum absolute atomic E-state index is 0.119. The summed E-state index contributed by atoms with van der Waals surface area (Å²) < 4.78 is 2.03. The summed E-state index contributed by atoms with van der Waals surface area (Å²) in [6.07, 6.45) is 5.88. The van der Waals surface area contributed by atoms with E-state index in [-0.39, 0.29) is 5.91 Å². The standard InChI is InChI=1S/C20H15N3OS/c24-19-18(25-20(22-19)21-16-8-2-1-3-9-16)14-15-7-6-10-17(13-15)23-11-4-5-12-23/h1-14H,(H,21,22,24). The number of thioether (sulfide) groups is 1. The normalized spacial score (nSPS) is 17.2. The van der Waals surface area contributed by atoms with Crippen LogP contribution in [0, 0.1) is 0 Å². The molecule has 0 unspecified atom stereocenters. The van der Waals surface area contributed by atoms with Gasteiger partial charge in [0.15, 0.2) is 5.17 Å². The summed E-state index contributed by atoms with van der Waals surface area (Å²) in [4.78, 5) is 17.3. The van der Waals surface area contributed by atoms with Crippen molar-refractivity contribution in [1.29, 1.82) is 0 Å². The molecule has 1 aromatic heterocycles. The molecule has 0 bridgehead atoms. The third-order valence-corrected chi connectivity index (χ3v) is 4.62. The van der Waals surface area contributed by atoms with Crippen LogP contribution in [0.4, 0.5) is 5.69 Å². The zero-order valence-electron chi connectivity index (χ0n) is 13.3. The fourth-order valence-corrected chi connectivity index (χ4v) is 3.38. The van der Waals surface area contributed by atoms with Gasteiger partial charge in [0.25, 0.3) is 5.91 Å². The van der Waals surface area contributed by atoms with Crippen LogP contribution in [0.2, 0.25) is 0 Å². The average Bonchev–Trinajstić information content (AvgIpc) is 3.27. The van der Waals surface area contributed by atoms with E-state index in [0.29, 0.717) is 10.1 Å². The van der Waals surface area contributed by atoms with Crippen molar-refractivity contribution in [3.05, 3.63) is 89.6 Å². The molecular formula is C20H15N3OS. The predicted octanol–water partition coefficient (Wildman–Crippen LogP) is 4.37. The van der Waals surface area contributed by atoms with E-state index >= 15 is 0 Å². The molecule has 0 saturated carbocycles. The number of aliphatic imine (C=N–C) groups is 1. The minimum atomic E-state index is -0.119. The van der Waals surface area contributed by atoms with Crippen molar-refractivity contribution < 1.29 is 4.79 Å². The van der Waals surface area contributed by atoms with Gasteiger partial charge in [-0.15, -0.1) is 0 Å². The molecular weight excluding hydrogens is 330 g/mol. The van der Waals surface area contributed by atoms with Crippen LogP contribution in [0.25, 0.3) is 11.8 Å². The average molecular weight is 345 g/mol. The fourth-order valence-electron chi connectivity index (χ4n) is 2.53. The van der Waals surface area contributed by atoms with Gasteiger partial charge in [-0.2, -0.15) is 0 Å². The molecule has 1 aliphatic heterocycles. The lowest BCUT2D eigenvalue weighted by Crippen LogP contribution is -2.19. The number of amidine groups is 1. The summed E-state index contributed by atoms with van der Waals surface area (Å²) in [5.74, 6) is -0.119. The second-order valence-corrected chi connectivity index (χ2v) is 6.53. The van der Waals surface area contributed by atoms with E-state index in [1.165, 1.54) is 11.8 Å². The second-order valence-electron chi connectivity index (χ2n) is 5.50. The fraction of sp³-hybridized carbons (Fsp3) is 0. The molecule has 1 aliphatic rings. The second kappa shape index (κ2) is 6.83. The number of benzene rings is 2. The van der Waals surface area contributed by atoms with Gasteiger partial charge in [-0.1, -0.05) is 30.3 Å². The van der Waals surface area contributed by atoms with Gasteiger partial charge in [0, 0.05) is 18.1 Å². The van der Waals surface area contributed by atoms with Crippen LogP contribution in [0.3, 0.4) is 0 Å². The molecule has 0 radical (unpaired) electrons. The van der Waals surface area contributed by atoms with Gasteiger partial charge in [-0.25, -0.2) is 4.99 Å². The van der Waals surface area contributed by atoms with Gasteiger partial charge in [0.05, 0.1) is 10.6 Å². The Morgan fingerprint density at radius 2 is 1.76 bits per heavy atom. The summed E-state index contributed by atoms with van der Waals surface area (Å²) in [5, 5.41) is 3.42. The Balaban J connectivity index is 1.59. The third kappa shape index (κ3) is 3.56. The first-order chi connectivity index (χ1) is 12.3. The molecule has 25 heavy (non-hydrogen) atoms. The summed E-state index contributed by atoms with van der Waals surface area (Å²) in [7, 11) is 0. The molecule has 0 spiro atoms. The first-order valence-electron chi connectivity index (χ1n) is 7.86. The molecule has 3 aromatic rings. The Kier molecular flexibility index (Phi) is 4.23. The molecule has 4 rings (SSSR count). The lowest BCUT2D eigenvalue weighted by Gasteiger charge is -2.04. The monoisotopic (exact) mass is 345 g/mol. The van der Waals surface area contributed by atoms with Gasteiger partial charge in [0.2, 0.25) is 0 Å². The number of rotatable bonds is 3. The van der Waals surface area contributed by atoms with Crippen molar-refractivity contribution >= 4 is 34.6 Å². The Bertz CT molecular complexity index is 960. The number of nitrogens with one attached hydrogen (secondary N) is 1. The summed E-state index contributed by atoms with van der Waals surface area (Å²) in [6, 6.07) is 21.6. The zero-order chi connectivity index (χ0) is 17.1. The molecule has 5 heteroatoms. The number of para-hydroxylation sites is 1. The third-order valence-electron chi connectivity index (χ3n) is 3.71. The summed E-state index contributed by atoms with van der Waals surface area (Å²) in [5.41, 5.74) is 2.85. The lowest BCUT2D eigenvalue weighted by molar-refractivity contribution is -0.115. The highest BCUT2D eigenvalue weighted by Gasteiger charge is 2.23. The smallest absolute Gasteiger partial charge is 0.264 e. The van der Waals surface area contributed by atoms with E-state index in [1.807, 2.05) is 89.8 Å². The Morgan fingerprint density at radius 3 is 2.56 bits per heavy atom. The Morgan fingerprint density at radius 1 is 0.960 bits per heavy atom. The highest BCUT2D eigenvalue weighted by molar-refractivity contribution is 8.18.